The maximum atomic E-state index is 12.6. The van der Waals surface area contributed by atoms with Crippen LogP contribution in [0.2, 0.25) is 0 Å². The standard InChI is InChI=1S/C15H24N4O2/c1-3-11(2)19-5-4-12-13(10-19)16-17-14(12)15(20)18-6-8-21-9-7-18/h11H,3-10H2,1-2H3,(H,16,17)/t11-/m0/s1. The predicted octanol–water partition coefficient (Wildman–Crippen LogP) is 1.04. The molecule has 1 atom stereocenters. The third-order valence-corrected chi connectivity index (χ3v) is 4.68. The zero-order chi connectivity index (χ0) is 14.8. The van der Waals surface area contributed by atoms with Gasteiger partial charge in [0.1, 0.15) is 0 Å². The van der Waals surface area contributed by atoms with Crippen molar-refractivity contribution in [3.05, 3.63) is 17.0 Å². The van der Waals surface area contributed by atoms with Crippen LogP contribution >= 0.6 is 0 Å². The van der Waals surface area contributed by atoms with E-state index >= 15 is 0 Å². The van der Waals surface area contributed by atoms with Gasteiger partial charge < -0.3 is 9.64 Å². The van der Waals surface area contributed by atoms with Gasteiger partial charge in [0.25, 0.3) is 5.91 Å². The minimum atomic E-state index is 0.0489. The van der Waals surface area contributed by atoms with Crippen LogP contribution in [0.4, 0.5) is 0 Å². The van der Waals surface area contributed by atoms with Gasteiger partial charge in [0, 0.05) is 37.8 Å². The van der Waals surface area contributed by atoms with Crippen molar-refractivity contribution in [1.29, 1.82) is 0 Å². The molecule has 0 aliphatic carbocycles. The first-order valence-electron chi connectivity index (χ1n) is 7.88. The smallest absolute Gasteiger partial charge is 0.274 e. The summed E-state index contributed by atoms with van der Waals surface area (Å²) >= 11 is 0. The second-order valence-corrected chi connectivity index (χ2v) is 5.91. The molecule has 0 spiro atoms. The van der Waals surface area contributed by atoms with Crippen LogP contribution in [0.1, 0.15) is 42.0 Å². The Balaban J connectivity index is 1.75. The number of hydrogen-bond donors (Lipinski definition) is 1. The highest BCUT2D eigenvalue weighted by atomic mass is 16.5. The van der Waals surface area contributed by atoms with Gasteiger partial charge in [-0.3, -0.25) is 14.8 Å². The van der Waals surface area contributed by atoms with Crippen LogP contribution in [-0.2, 0) is 17.7 Å². The highest BCUT2D eigenvalue weighted by Crippen LogP contribution is 2.23. The van der Waals surface area contributed by atoms with Crippen LogP contribution in [0.25, 0.3) is 0 Å². The molecule has 1 saturated heterocycles. The monoisotopic (exact) mass is 292 g/mol. The third kappa shape index (κ3) is 2.82. The second-order valence-electron chi connectivity index (χ2n) is 5.91. The Hall–Kier alpha value is -1.40. The molecule has 1 fully saturated rings. The summed E-state index contributed by atoms with van der Waals surface area (Å²) in [5.74, 6) is 0.0489. The van der Waals surface area contributed by atoms with Gasteiger partial charge in [-0.1, -0.05) is 6.92 Å². The molecule has 2 aliphatic heterocycles. The molecule has 3 heterocycles. The lowest BCUT2D eigenvalue weighted by Gasteiger charge is -2.32. The quantitative estimate of drug-likeness (QED) is 0.904. The van der Waals surface area contributed by atoms with E-state index in [1.54, 1.807) is 0 Å². The molecule has 0 radical (unpaired) electrons. The Morgan fingerprint density at radius 3 is 2.86 bits per heavy atom. The summed E-state index contributed by atoms with van der Waals surface area (Å²) in [6.45, 7) is 8.92. The fourth-order valence-corrected chi connectivity index (χ4v) is 3.07. The van der Waals surface area contributed by atoms with Crippen molar-refractivity contribution >= 4 is 5.91 Å². The molecule has 0 aromatic carbocycles. The molecular formula is C15H24N4O2. The van der Waals surface area contributed by atoms with Gasteiger partial charge in [0.05, 0.1) is 18.9 Å². The number of aromatic amines is 1. The van der Waals surface area contributed by atoms with Gasteiger partial charge >= 0.3 is 0 Å². The van der Waals surface area contributed by atoms with Crippen LogP contribution in [0.5, 0.6) is 0 Å². The zero-order valence-electron chi connectivity index (χ0n) is 12.9. The van der Waals surface area contributed by atoms with Gasteiger partial charge in [0.15, 0.2) is 5.69 Å². The number of carbonyl (C=O) groups excluding carboxylic acids is 1. The van der Waals surface area contributed by atoms with Crippen LogP contribution in [0.3, 0.4) is 0 Å². The lowest BCUT2D eigenvalue weighted by molar-refractivity contribution is 0.0298. The number of amides is 1. The predicted molar refractivity (Wildman–Crippen MR) is 79.2 cm³/mol. The minimum Gasteiger partial charge on any atom is -0.378 e. The maximum Gasteiger partial charge on any atom is 0.274 e. The lowest BCUT2D eigenvalue weighted by atomic mass is 10.0. The number of fused-ring (bicyclic) bond motifs is 1. The Morgan fingerprint density at radius 2 is 2.14 bits per heavy atom. The van der Waals surface area contributed by atoms with E-state index in [0.29, 0.717) is 38.0 Å². The lowest BCUT2D eigenvalue weighted by Crippen LogP contribution is -2.42. The number of hydrogen-bond acceptors (Lipinski definition) is 4. The first-order chi connectivity index (χ1) is 10.2. The zero-order valence-corrected chi connectivity index (χ0v) is 12.9. The Labute approximate surface area is 125 Å². The topological polar surface area (TPSA) is 61.5 Å². The maximum absolute atomic E-state index is 12.6. The second kappa shape index (κ2) is 6.15. The van der Waals surface area contributed by atoms with E-state index < -0.39 is 0 Å². The molecule has 21 heavy (non-hydrogen) atoms. The van der Waals surface area contributed by atoms with E-state index in [1.807, 2.05) is 4.90 Å². The van der Waals surface area contributed by atoms with E-state index in [0.717, 1.165) is 37.2 Å². The van der Waals surface area contributed by atoms with E-state index in [2.05, 4.69) is 28.9 Å². The summed E-state index contributed by atoms with van der Waals surface area (Å²) < 4.78 is 5.30. The first kappa shape index (κ1) is 14.5. The van der Waals surface area contributed by atoms with Gasteiger partial charge in [-0.15, -0.1) is 0 Å². The molecule has 0 unspecified atom stereocenters. The van der Waals surface area contributed by atoms with Crippen molar-refractivity contribution in [3.63, 3.8) is 0 Å². The number of nitrogens with one attached hydrogen (secondary N) is 1. The van der Waals surface area contributed by atoms with Gasteiger partial charge in [-0.2, -0.15) is 5.10 Å². The molecule has 6 nitrogen and oxygen atoms in total. The van der Waals surface area contributed by atoms with Crippen molar-refractivity contribution in [3.8, 4) is 0 Å². The molecule has 0 saturated carbocycles. The van der Waals surface area contributed by atoms with Crippen molar-refractivity contribution in [2.75, 3.05) is 32.8 Å². The molecule has 2 aliphatic rings. The number of H-pyrrole nitrogens is 1. The molecule has 116 valence electrons. The Kier molecular flexibility index (Phi) is 4.26. The van der Waals surface area contributed by atoms with Gasteiger partial charge in [0.2, 0.25) is 0 Å². The summed E-state index contributed by atoms with van der Waals surface area (Å²) in [5, 5.41) is 7.39. The molecule has 1 aromatic heterocycles. The highest BCUT2D eigenvalue weighted by Gasteiger charge is 2.29. The SMILES string of the molecule is CC[C@H](C)N1CCc2c(C(=O)N3CCOCC3)n[nH]c2C1. The summed E-state index contributed by atoms with van der Waals surface area (Å²) in [7, 11) is 0. The number of ether oxygens (including phenoxy) is 1. The van der Waals surface area contributed by atoms with Crippen molar-refractivity contribution in [1.82, 2.24) is 20.0 Å². The average Bonchev–Trinajstić information content (AvgIpc) is 2.97. The van der Waals surface area contributed by atoms with E-state index in [9.17, 15) is 4.79 Å². The first-order valence-corrected chi connectivity index (χ1v) is 7.88. The summed E-state index contributed by atoms with van der Waals surface area (Å²) in [6, 6.07) is 0.569. The average molecular weight is 292 g/mol. The largest absolute Gasteiger partial charge is 0.378 e. The molecule has 1 aromatic rings. The number of nitrogens with zero attached hydrogens (tertiary/aromatic N) is 3. The van der Waals surface area contributed by atoms with Gasteiger partial charge in [-0.05, 0) is 19.8 Å². The molecule has 0 bridgehead atoms. The Bertz CT molecular complexity index is 508. The van der Waals surface area contributed by atoms with Crippen LogP contribution in [0.15, 0.2) is 0 Å². The molecule has 6 heteroatoms. The molecule has 3 rings (SSSR count). The number of aromatic nitrogens is 2. The number of morpholine rings is 1. The van der Waals surface area contributed by atoms with E-state index in [4.69, 9.17) is 4.74 Å². The summed E-state index contributed by atoms with van der Waals surface area (Å²) in [5.41, 5.74) is 2.85. The Morgan fingerprint density at radius 1 is 1.38 bits per heavy atom. The fraction of sp³-hybridized carbons (Fsp3) is 0.733. The normalized spacial score (nSPS) is 21.1. The number of carbonyl (C=O) groups is 1. The van der Waals surface area contributed by atoms with Crippen molar-refractivity contribution < 1.29 is 9.53 Å². The highest BCUT2D eigenvalue weighted by molar-refractivity contribution is 5.94. The van der Waals surface area contributed by atoms with Crippen molar-refractivity contribution in [2.45, 2.75) is 39.3 Å². The fourth-order valence-electron chi connectivity index (χ4n) is 3.07. The van der Waals surface area contributed by atoms with E-state index in [1.165, 1.54) is 0 Å². The van der Waals surface area contributed by atoms with Crippen LogP contribution in [0, 0.1) is 0 Å². The van der Waals surface area contributed by atoms with E-state index in [-0.39, 0.29) is 5.91 Å². The molecular weight excluding hydrogens is 268 g/mol. The van der Waals surface area contributed by atoms with Crippen LogP contribution < -0.4 is 0 Å². The third-order valence-electron chi connectivity index (χ3n) is 4.68. The summed E-state index contributed by atoms with van der Waals surface area (Å²) in [4.78, 5) is 16.9. The molecule has 1 amide bonds. The summed E-state index contributed by atoms with van der Waals surface area (Å²) in [6.07, 6.45) is 2.05. The van der Waals surface area contributed by atoms with Crippen LogP contribution in [-0.4, -0.2) is 64.8 Å². The molecule has 1 N–H and O–H groups in total. The van der Waals surface area contributed by atoms with Gasteiger partial charge in [-0.25, -0.2) is 0 Å². The van der Waals surface area contributed by atoms with Crippen molar-refractivity contribution in [2.24, 2.45) is 0 Å². The number of rotatable bonds is 3. The minimum absolute atomic E-state index is 0.0489.